The first-order valence-corrected chi connectivity index (χ1v) is 7.08. The van der Waals surface area contributed by atoms with Crippen LogP contribution in [-0.4, -0.2) is 13.0 Å². The van der Waals surface area contributed by atoms with Crippen LogP contribution >= 0.6 is 22.6 Å². The lowest BCUT2D eigenvalue weighted by atomic mass is 10.1. The van der Waals surface area contributed by atoms with Crippen LogP contribution in [0.4, 0.5) is 0 Å². The second kappa shape index (κ2) is 3.97. The third-order valence-electron chi connectivity index (χ3n) is 2.47. The van der Waals surface area contributed by atoms with E-state index in [2.05, 4.69) is 0 Å². The molecule has 0 unspecified atom stereocenters. The fourth-order valence-electron chi connectivity index (χ4n) is 1.66. The Morgan fingerprint density at radius 1 is 1.25 bits per heavy atom. The zero-order valence-electron chi connectivity index (χ0n) is 8.44. The number of rotatable bonds is 1. The molecule has 0 aliphatic carbocycles. The zero-order valence-corrected chi connectivity index (χ0v) is 11.4. The van der Waals surface area contributed by atoms with Gasteiger partial charge in [-0.3, -0.25) is 4.55 Å². The highest BCUT2D eigenvalue weighted by Crippen LogP contribution is 2.29. The second-order valence-corrected chi connectivity index (χ2v) is 5.98. The van der Waals surface area contributed by atoms with Gasteiger partial charge in [-0.15, -0.1) is 0 Å². The highest BCUT2D eigenvalue weighted by molar-refractivity contribution is 14.1. The van der Waals surface area contributed by atoms with Crippen LogP contribution in [0.5, 0.6) is 0 Å². The number of benzene rings is 2. The van der Waals surface area contributed by atoms with Gasteiger partial charge in [0.1, 0.15) is 4.90 Å². The molecule has 0 radical (unpaired) electrons. The molecule has 0 aliphatic heterocycles. The van der Waals surface area contributed by atoms with Crippen LogP contribution in [0.25, 0.3) is 10.8 Å². The molecule has 16 heavy (non-hydrogen) atoms. The van der Waals surface area contributed by atoms with Gasteiger partial charge in [0, 0.05) is 3.57 Å². The van der Waals surface area contributed by atoms with E-state index >= 15 is 0 Å². The van der Waals surface area contributed by atoms with Crippen molar-refractivity contribution in [2.75, 3.05) is 0 Å². The van der Waals surface area contributed by atoms with Crippen molar-refractivity contribution in [2.45, 2.75) is 11.8 Å². The molecule has 2 rings (SSSR count). The second-order valence-electron chi connectivity index (χ2n) is 3.51. The molecule has 5 heteroatoms. The maximum atomic E-state index is 11.2. The van der Waals surface area contributed by atoms with Crippen molar-refractivity contribution >= 4 is 43.5 Å². The standard InChI is InChI=1S/C11H9IO3S/c1-7-9-5-3-2-4-8(9)6-10(11(7)12)16(13,14)15/h2-6H,1H3,(H,13,14,15). The first kappa shape index (κ1) is 11.8. The molecule has 0 atom stereocenters. The van der Waals surface area contributed by atoms with Crippen LogP contribution in [0, 0.1) is 10.5 Å². The predicted molar refractivity (Wildman–Crippen MR) is 71.2 cm³/mol. The van der Waals surface area contributed by atoms with Gasteiger partial charge in [0.2, 0.25) is 0 Å². The van der Waals surface area contributed by atoms with E-state index in [-0.39, 0.29) is 4.90 Å². The highest BCUT2D eigenvalue weighted by Gasteiger charge is 2.17. The van der Waals surface area contributed by atoms with E-state index in [4.69, 9.17) is 4.55 Å². The van der Waals surface area contributed by atoms with E-state index in [1.165, 1.54) is 6.07 Å². The third-order valence-corrected chi connectivity index (χ3v) is 5.11. The van der Waals surface area contributed by atoms with Crippen molar-refractivity contribution < 1.29 is 13.0 Å². The minimum atomic E-state index is -4.15. The van der Waals surface area contributed by atoms with Gasteiger partial charge in [-0.05, 0) is 51.9 Å². The summed E-state index contributed by atoms with van der Waals surface area (Å²) in [6.07, 6.45) is 0. The maximum Gasteiger partial charge on any atom is 0.295 e. The summed E-state index contributed by atoms with van der Waals surface area (Å²) in [6, 6.07) is 8.99. The van der Waals surface area contributed by atoms with Gasteiger partial charge in [0.25, 0.3) is 10.1 Å². The SMILES string of the molecule is Cc1c(I)c(S(=O)(=O)O)cc2ccccc12. The number of aryl methyl sites for hydroxylation is 1. The van der Waals surface area contributed by atoms with Crippen molar-refractivity contribution in [1.82, 2.24) is 0 Å². The van der Waals surface area contributed by atoms with Gasteiger partial charge in [0.05, 0.1) is 0 Å². The van der Waals surface area contributed by atoms with Crippen LogP contribution in [0.15, 0.2) is 35.2 Å². The Kier molecular flexibility index (Phi) is 2.93. The van der Waals surface area contributed by atoms with Crippen LogP contribution in [0.1, 0.15) is 5.56 Å². The molecule has 0 aliphatic rings. The molecular weight excluding hydrogens is 339 g/mol. The topological polar surface area (TPSA) is 54.4 Å². The summed E-state index contributed by atoms with van der Waals surface area (Å²) in [5.74, 6) is 0. The van der Waals surface area contributed by atoms with Gasteiger partial charge >= 0.3 is 0 Å². The molecule has 1 N–H and O–H groups in total. The Morgan fingerprint density at radius 2 is 1.88 bits per heavy atom. The molecule has 2 aromatic rings. The number of hydrogen-bond acceptors (Lipinski definition) is 2. The Balaban J connectivity index is 2.95. The molecule has 0 spiro atoms. The molecule has 84 valence electrons. The van der Waals surface area contributed by atoms with E-state index in [9.17, 15) is 8.42 Å². The van der Waals surface area contributed by atoms with Crippen molar-refractivity contribution in [3.63, 3.8) is 0 Å². The largest absolute Gasteiger partial charge is 0.295 e. The molecular formula is C11H9IO3S. The number of hydrogen-bond donors (Lipinski definition) is 1. The van der Waals surface area contributed by atoms with Crippen LogP contribution in [-0.2, 0) is 10.1 Å². The van der Waals surface area contributed by atoms with Crippen molar-refractivity contribution in [2.24, 2.45) is 0 Å². The average Bonchev–Trinajstić information content (AvgIpc) is 2.22. The van der Waals surface area contributed by atoms with E-state index in [0.717, 1.165) is 16.3 Å². The van der Waals surface area contributed by atoms with Gasteiger partial charge in [-0.2, -0.15) is 8.42 Å². The molecule has 0 aromatic heterocycles. The number of halogens is 1. The first-order valence-electron chi connectivity index (χ1n) is 4.56. The minimum Gasteiger partial charge on any atom is -0.282 e. The lowest BCUT2D eigenvalue weighted by Crippen LogP contribution is -2.02. The van der Waals surface area contributed by atoms with Crippen molar-refractivity contribution in [3.8, 4) is 0 Å². The molecule has 0 saturated heterocycles. The van der Waals surface area contributed by atoms with E-state index in [1.807, 2.05) is 53.8 Å². The average molecular weight is 348 g/mol. The van der Waals surface area contributed by atoms with Crippen molar-refractivity contribution in [3.05, 3.63) is 39.5 Å². The molecule has 2 aromatic carbocycles. The molecule has 0 heterocycles. The summed E-state index contributed by atoms with van der Waals surface area (Å²) >= 11 is 1.94. The summed E-state index contributed by atoms with van der Waals surface area (Å²) in [5, 5.41) is 1.81. The molecule has 3 nitrogen and oxygen atoms in total. The Bertz CT molecular complexity index is 662. The summed E-state index contributed by atoms with van der Waals surface area (Å²) in [4.78, 5) is -0.0238. The van der Waals surface area contributed by atoms with Crippen molar-refractivity contribution in [1.29, 1.82) is 0 Å². The zero-order chi connectivity index (χ0) is 11.9. The Hall–Kier alpha value is -0.660. The summed E-state index contributed by atoms with van der Waals surface area (Å²) in [5.41, 5.74) is 0.867. The van der Waals surface area contributed by atoms with E-state index in [1.54, 1.807) is 0 Å². The molecule has 0 amide bonds. The molecule has 0 fully saturated rings. The monoisotopic (exact) mass is 348 g/mol. The minimum absolute atomic E-state index is 0.0238. The quantitative estimate of drug-likeness (QED) is 0.637. The highest BCUT2D eigenvalue weighted by atomic mass is 127. The van der Waals surface area contributed by atoms with Gasteiger partial charge in [-0.25, -0.2) is 0 Å². The summed E-state index contributed by atoms with van der Waals surface area (Å²) < 4.78 is 32.1. The Labute approximate surface area is 107 Å². The smallest absolute Gasteiger partial charge is 0.282 e. The van der Waals surface area contributed by atoms with E-state index in [0.29, 0.717) is 3.57 Å². The van der Waals surface area contributed by atoms with E-state index < -0.39 is 10.1 Å². The molecule has 0 saturated carbocycles. The van der Waals surface area contributed by atoms with Gasteiger partial charge < -0.3 is 0 Å². The fourth-order valence-corrected chi connectivity index (χ4v) is 3.60. The molecule has 0 bridgehead atoms. The third kappa shape index (κ3) is 1.94. The normalized spacial score (nSPS) is 11.9. The number of fused-ring (bicyclic) bond motifs is 1. The van der Waals surface area contributed by atoms with Gasteiger partial charge in [-0.1, -0.05) is 24.3 Å². The predicted octanol–water partition coefficient (Wildman–Crippen LogP) is 3.00. The first-order chi connectivity index (χ1) is 7.41. The van der Waals surface area contributed by atoms with Crippen LogP contribution in [0.2, 0.25) is 0 Å². The Morgan fingerprint density at radius 3 is 2.50 bits per heavy atom. The maximum absolute atomic E-state index is 11.2. The lowest BCUT2D eigenvalue weighted by molar-refractivity contribution is 0.482. The van der Waals surface area contributed by atoms with Crippen LogP contribution < -0.4 is 0 Å². The summed E-state index contributed by atoms with van der Waals surface area (Å²) in [7, 11) is -4.15. The fraction of sp³-hybridized carbons (Fsp3) is 0.0909. The van der Waals surface area contributed by atoms with Crippen LogP contribution in [0.3, 0.4) is 0 Å². The van der Waals surface area contributed by atoms with Gasteiger partial charge in [0.15, 0.2) is 0 Å². The lowest BCUT2D eigenvalue weighted by Gasteiger charge is -2.08. The summed E-state index contributed by atoms with van der Waals surface area (Å²) in [6.45, 7) is 1.85.